The second kappa shape index (κ2) is 20.7. The number of alkyl halides is 2. The van der Waals surface area contributed by atoms with E-state index in [1.54, 1.807) is 48.6 Å². The molecule has 1 aromatic carbocycles. The fraction of sp³-hybridized carbons (Fsp3) is 0.618. The molecule has 7 heteroatoms. The molecule has 228 valence electrons. The van der Waals surface area contributed by atoms with Crippen molar-refractivity contribution < 1.29 is 19.1 Å². The third kappa shape index (κ3) is 13.2. The second-order valence-electron chi connectivity index (χ2n) is 11.0. The average molecular weight is 607 g/mol. The third-order valence-corrected chi connectivity index (χ3v) is 8.48. The number of ketones is 1. The summed E-state index contributed by atoms with van der Waals surface area (Å²) in [5.41, 5.74) is 0.331. The number of hydrogen-bond donors (Lipinski definition) is 1. The Balaban J connectivity index is 1.58. The quantitative estimate of drug-likeness (QED) is 0.0471. The lowest BCUT2D eigenvalue weighted by Gasteiger charge is -2.31. The largest absolute Gasteiger partial charge is 0.464 e. The summed E-state index contributed by atoms with van der Waals surface area (Å²) >= 11 is 12.8. The summed E-state index contributed by atoms with van der Waals surface area (Å²) in [5.74, 6) is -1.88. The highest BCUT2D eigenvalue weighted by Crippen LogP contribution is 2.29. The van der Waals surface area contributed by atoms with Gasteiger partial charge in [-0.1, -0.05) is 169 Å². The maximum atomic E-state index is 12.9. The van der Waals surface area contributed by atoms with E-state index in [9.17, 15) is 14.4 Å². The molecule has 3 unspecified atom stereocenters. The Bertz CT molecular complexity index is 965. The van der Waals surface area contributed by atoms with E-state index in [2.05, 4.69) is 12.2 Å². The molecule has 5 nitrogen and oxygen atoms in total. The van der Waals surface area contributed by atoms with Crippen LogP contribution in [0.5, 0.6) is 0 Å². The first kappa shape index (κ1) is 35.1. The molecule has 1 N–H and O–H groups in total. The number of amides is 1. The number of benzene rings is 1. The maximum Gasteiger partial charge on any atom is 0.333 e. The number of hydrogen-bond acceptors (Lipinski definition) is 4. The molecule has 0 fully saturated rings. The summed E-state index contributed by atoms with van der Waals surface area (Å²) in [6.45, 7) is 2.54. The van der Waals surface area contributed by atoms with Crippen molar-refractivity contribution in [1.82, 2.24) is 5.32 Å². The molecule has 0 aliphatic heterocycles. The Morgan fingerprint density at radius 2 is 1.32 bits per heavy atom. The van der Waals surface area contributed by atoms with Crippen molar-refractivity contribution >= 4 is 40.9 Å². The van der Waals surface area contributed by atoms with E-state index in [-0.39, 0.29) is 6.61 Å². The second-order valence-corrected chi connectivity index (χ2v) is 12.1. The monoisotopic (exact) mass is 605 g/mol. The number of ether oxygens (including phenoxy) is 1. The van der Waals surface area contributed by atoms with Crippen LogP contribution in [-0.2, 0) is 14.3 Å². The minimum absolute atomic E-state index is 0.272. The predicted molar refractivity (Wildman–Crippen MR) is 170 cm³/mol. The van der Waals surface area contributed by atoms with Crippen LogP contribution >= 0.6 is 23.2 Å². The van der Waals surface area contributed by atoms with Crippen LogP contribution in [0.15, 0.2) is 54.6 Å². The van der Waals surface area contributed by atoms with Crippen LogP contribution in [0, 0.1) is 0 Å². The Hall–Kier alpha value is -2.11. The summed E-state index contributed by atoms with van der Waals surface area (Å²) < 4.78 is 5.49. The number of rotatable bonds is 22. The van der Waals surface area contributed by atoms with Gasteiger partial charge in [-0.2, -0.15) is 0 Å². The number of Topliss-reactive ketones (excluding diaryl/α,β-unsaturated/α-hetero) is 1. The van der Waals surface area contributed by atoms with E-state index in [1.807, 2.05) is 0 Å². The lowest BCUT2D eigenvalue weighted by Crippen LogP contribution is -2.55. The van der Waals surface area contributed by atoms with E-state index in [0.29, 0.717) is 5.56 Å². The van der Waals surface area contributed by atoms with Crippen molar-refractivity contribution in [3.05, 3.63) is 60.2 Å². The molecular weight excluding hydrogens is 557 g/mol. The molecule has 0 spiro atoms. The van der Waals surface area contributed by atoms with Crippen LogP contribution < -0.4 is 5.32 Å². The lowest BCUT2D eigenvalue weighted by molar-refractivity contribution is -0.146. The Morgan fingerprint density at radius 3 is 1.85 bits per heavy atom. The van der Waals surface area contributed by atoms with Crippen LogP contribution in [0.1, 0.15) is 120 Å². The molecule has 0 radical (unpaired) electrons. The van der Waals surface area contributed by atoms with E-state index in [1.165, 1.54) is 89.5 Å². The molecule has 0 aromatic heterocycles. The zero-order valence-corrected chi connectivity index (χ0v) is 26.3. The number of esters is 1. The molecule has 0 heterocycles. The zero-order chi connectivity index (χ0) is 29.8. The summed E-state index contributed by atoms with van der Waals surface area (Å²) in [7, 11) is 0. The molecule has 3 atom stereocenters. The summed E-state index contributed by atoms with van der Waals surface area (Å²) in [5, 5.41) is 1.19. The summed E-state index contributed by atoms with van der Waals surface area (Å²) in [6, 6.07) is 7.45. The maximum absolute atomic E-state index is 12.9. The van der Waals surface area contributed by atoms with Gasteiger partial charge in [0.25, 0.3) is 0 Å². The van der Waals surface area contributed by atoms with Crippen LogP contribution in [0.3, 0.4) is 0 Å². The number of halogens is 2. The van der Waals surface area contributed by atoms with E-state index in [0.717, 1.165) is 19.3 Å². The summed E-state index contributed by atoms with van der Waals surface area (Å²) in [4.78, 5) is 36.6. The van der Waals surface area contributed by atoms with Crippen molar-refractivity contribution in [2.24, 2.45) is 0 Å². The van der Waals surface area contributed by atoms with Gasteiger partial charge in [-0.05, 0) is 6.42 Å². The summed E-state index contributed by atoms with van der Waals surface area (Å²) in [6.07, 6.45) is 26.8. The van der Waals surface area contributed by atoms with Crippen molar-refractivity contribution in [2.75, 3.05) is 6.61 Å². The van der Waals surface area contributed by atoms with Gasteiger partial charge in [0.2, 0.25) is 5.91 Å². The van der Waals surface area contributed by atoms with Crippen molar-refractivity contribution in [1.29, 1.82) is 0 Å². The van der Waals surface area contributed by atoms with Gasteiger partial charge in [0.1, 0.15) is 0 Å². The molecule has 1 amide bonds. The topological polar surface area (TPSA) is 72.5 Å². The van der Waals surface area contributed by atoms with Crippen molar-refractivity contribution in [3.63, 3.8) is 0 Å². The standard InChI is InChI=1S/C34H49Cl2NO4/c1-2-3-4-5-6-7-8-9-10-11-12-13-14-15-16-22-27-41-33(40)34(36)26-21-20-25-29(34)37-32(39)30(35)31(38)28-23-18-17-19-24-28/h17-21,23-26,29-30H,2-16,22,27H2,1H3,(H,37,39). The minimum Gasteiger partial charge on any atom is -0.464 e. The molecule has 1 aromatic rings. The first-order valence-corrected chi connectivity index (χ1v) is 16.5. The number of allylic oxidation sites excluding steroid dienone is 2. The number of unbranched alkanes of at least 4 members (excludes halogenated alkanes) is 15. The zero-order valence-electron chi connectivity index (χ0n) is 24.8. The number of carbonyl (C=O) groups excluding carboxylic acids is 3. The molecule has 1 aliphatic carbocycles. The highest BCUT2D eigenvalue weighted by molar-refractivity contribution is 6.44. The molecule has 41 heavy (non-hydrogen) atoms. The SMILES string of the molecule is CCCCCCCCCCCCCCCCCCOC(=O)C1(Cl)C=CC=CC1NC(=O)C(Cl)C(=O)c1ccccc1. The van der Waals surface area contributed by atoms with Gasteiger partial charge < -0.3 is 10.1 Å². The molecular formula is C34H49Cl2NO4. The van der Waals surface area contributed by atoms with Gasteiger partial charge >= 0.3 is 5.97 Å². The molecule has 0 bridgehead atoms. The Kier molecular flexibility index (Phi) is 17.7. The first-order valence-electron chi connectivity index (χ1n) is 15.7. The normalized spacial score (nSPS) is 18.7. The van der Waals surface area contributed by atoms with Gasteiger partial charge in [0.15, 0.2) is 16.0 Å². The fourth-order valence-electron chi connectivity index (χ4n) is 4.98. The molecule has 0 saturated carbocycles. The molecule has 1 aliphatic rings. The molecule has 2 rings (SSSR count). The van der Waals surface area contributed by atoms with E-state index < -0.39 is 34.0 Å². The van der Waals surface area contributed by atoms with E-state index in [4.69, 9.17) is 27.9 Å². The lowest BCUT2D eigenvalue weighted by atomic mass is 9.93. The minimum atomic E-state index is -1.61. The fourth-order valence-corrected chi connectivity index (χ4v) is 5.43. The van der Waals surface area contributed by atoms with Gasteiger partial charge in [-0.3, -0.25) is 9.59 Å². The third-order valence-electron chi connectivity index (χ3n) is 7.57. The van der Waals surface area contributed by atoms with Crippen LogP contribution in [0.25, 0.3) is 0 Å². The van der Waals surface area contributed by atoms with Crippen LogP contribution in [0.4, 0.5) is 0 Å². The predicted octanol–water partition coefficient (Wildman–Crippen LogP) is 8.87. The van der Waals surface area contributed by atoms with Crippen molar-refractivity contribution in [3.8, 4) is 0 Å². The van der Waals surface area contributed by atoms with Crippen LogP contribution in [0.2, 0.25) is 0 Å². The van der Waals surface area contributed by atoms with Gasteiger partial charge in [-0.15, -0.1) is 11.6 Å². The smallest absolute Gasteiger partial charge is 0.333 e. The highest BCUT2D eigenvalue weighted by Gasteiger charge is 2.45. The highest BCUT2D eigenvalue weighted by atomic mass is 35.5. The molecule has 0 saturated heterocycles. The average Bonchev–Trinajstić information content (AvgIpc) is 2.99. The van der Waals surface area contributed by atoms with Crippen LogP contribution in [-0.4, -0.2) is 40.6 Å². The Morgan fingerprint density at radius 1 is 0.805 bits per heavy atom. The number of nitrogens with one attached hydrogen (secondary N) is 1. The van der Waals surface area contributed by atoms with Gasteiger partial charge in [0.05, 0.1) is 12.6 Å². The van der Waals surface area contributed by atoms with E-state index >= 15 is 0 Å². The first-order chi connectivity index (χ1) is 19.9. The van der Waals surface area contributed by atoms with Gasteiger partial charge in [-0.25, -0.2) is 4.79 Å². The Labute approximate surface area is 257 Å². The van der Waals surface area contributed by atoms with Crippen molar-refractivity contribution in [2.45, 2.75) is 126 Å². The van der Waals surface area contributed by atoms with Gasteiger partial charge in [0, 0.05) is 5.56 Å². The number of carbonyl (C=O) groups is 3.